The Bertz CT molecular complexity index is 252. The van der Waals surface area contributed by atoms with Crippen molar-refractivity contribution < 1.29 is 9.59 Å². The van der Waals surface area contributed by atoms with E-state index in [-0.39, 0.29) is 17.7 Å². The molecule has 5 heteroatoms. The Morgan fingerprint density at radius 1 is 1.06 bits per heavy atom. The summed E-state index contributed by atoms with van der Waals surface area (Å²) in [5, 5.41) is 8.72. The monoisotopic (exact) mass is 241 g/mol. The fourth-order valence-corrected chi connectivity index (χ4v) is 1.53. The average Bonchev–Trinajstić information content (AvgIpc) is 3.14. The molecule has 1 rings (SSSR count). The second kappa shape index (κ2) is 8.06. The summed E-state index contributed by atoms with van der Waals surface area (Å²) in [6.07, 6.45) is 4.21. The van der Waals surface area contributed by atoms with Gasteiger partial charge in [0, 0.05) is 25.4 Å². The molecule has 17 heavy (non-hydrogen) atoms. The molecule has 5 nitrogen and oxygen atoms in total. The Balaban J connectivity index is 1.87. The molecule has 0 aromatic heterocycles. The molecule has 0 atom stereocenters. The first-order valence-electron chi connectivity index (χ1n) is 6.43. The van der Waals surface area contributed by atoms with Crippen molar-refractivity contribution in [2.75, 3.05) is 26.7 Å². The lowest BCUT2D eigenvalue weighted by atomic mass is 10.2. The SMILES string of the molecule is CNCCCNC(=O)CCCNC(=O)C1CC1. The molecule has 0 spiro atoms. The van der Waals surface area contributed by atoms with Crippen LogP contribution < -0.4 is 16.0 Å². The fraction of sp³-hybridized carbons (Fsp3) is 0.833. The third-order valence-electron chi connectivity index (χ3n) is 2.75. The van der Waals surface area contributed by atoms with E-state index in [9.17, 15) is 9.59 Å². The Hall–Kier alpha value is -1.10. The van der Waals surface area contributed by atoms with Gasteiger partial charge in [-0.1, -0.05) is 0 Å². The van der Waals surface area contributed by atoms with E-state index in [2.05, 4.69) is 16.0 Å². The third-order valence-corrected chi connectivity index (χ3v) is 2.75. The van der Waals surface area contributed by atoms with Gasteiger partial charge < -0.3 is 16.0 Å². The largest absolute Gasteiger partial charge is 0.356 e. The van der Waals surface area contributed by atoms with Crippen molar-refractivity contribution >= 4 is 11.8 Å². The number of carbonyl (C=O) groups excluding carboxylic acids is 2. The van der Waals surface area contributed by atoms with Crippen LogP contribution in [0.1, 0.15) is 32.1 Å². The van der Waals surface area contributed by atoms with E-state index in [1.54, 1.807) is 0 Å². The maximum absolute atomic E-state index is 11.4. The van der Waals surface area contributed by atoms with Crippen LogP contribution in [0, 0.1) is 5.92 Å². The van der Waals surface area contributed by atoms with Crippen LogP contribution in [0.2, 0.25) is 0 Å². The lowest BCUT2D eigenvalue weighted by Crippen LogP contribution is -2.29. The van der Waals surface area contributed by atoms with Gasteiger partial charge in [-0.25, -0.2) is 0 Å². The predicted molar refractivity (Wildman–Crippen MR) is 66.5 cm³/mol. The molecule has 2 amide bonds. The van der Waals surface area contributed by atoms with Crippen LogP contribution in [0.4, 0.5) is 0 Å². The highest BCUT2D eigenvalue weighted by atomic mass is 16.2. The van der Waals surface area contributed by atoms with Crippen LogP contribution in [-0.4, -0.2) is 38.5 Å². The minimum absolute atomic E-state index is 0.0711. The highest BCUT2D eigenvalue weighted by Crippen LogP contribution is 2.28. The summed E-state index contributed by atoms with van der Waals surface area (Å²) in [4.78, 5) is 22.6. The van der Waals surface area contributed by atoms with Gasteiger partial charge in [0.05, 0.1) is 0 Å². The van der Waals surface area contributed by atoms with Crippen molar-refractivity contribution in [1.82, 2.24) is 16.0 Å². The van der Waals surface area contributed by atoms with Crippen molar-refractivity contribution in [3.05, 3.63) is 0 Å². The molecule has 3 N–H and O–H groups in total. The van der Waals surface area contributed by atoms with Crippen molar-refractivity contribution in [3.63, 3.8) is 0 Å². The quantitative estimate of drug-likeness (QED) is 0.498. The summed E-state index contributed by atoms with van der Waals surface area (Å²) in [6.45, 7) is 2.24. The summed E-state index contributed by atoms with van der Waals surface area (Å²) < 4.78 is 0. The van der Waals surface area contributed by atoms with E-state index in [0.29, 0.717) is 19.5 Å². The molecule has 0 aromatic carbocycles. The summed E-state index contributed by atoms with van der Waals surface area (Å²) >= 11 is 0. The lowest BCUT2D eigenvalue weighted by molar-refractivity contribution is -0.123. The van der Waals surface area contributed by atoms with Crippen LogP contribution in [0.25, 0.3) is 0 Å². The molecular weight excluding hydrogens is 218 g/mol. The Kier molecular flexibility index (Phi) is 6.62. The number of hydrogen-bond donors (Lipinski definition) is 3. The Morgan fingerprint density at radius 3 is 2.41 bits per heavy atom. The molecule has 0 heterocycles. The van der Waals surface area contributed by atoms with E-state index in [1.165, 1.54) is 0 Å². The molecule has 98 valence electrons. The van der Waals surface area contributed by atoms with Gasteiger partial charge in [0.25, 0.3) is 0 Å². The van der Waals surface area contributed by atoms with E-state index < -0.39 is 0 Å². The Labute approximate surface area is 103 Å². The molecule has 1 aliphatic rings. The van der Waals surface area contributed by atoms with Crippen molar-refractivity contribution in [2.24, 2.45) is 5.92 Å². The summed E-state index contributed by atoms with van der Waals surface area (Å²) in [5.41, 5.74) is 0. The standard InChI is InChI=1S/C12H23N3O2/c1-13-7-3-9-14-11(16)4-2-8-15-12(17)10-5-6-10/h10,13H,2-9H2,1H3,(H,14,16)(H,15,17). The van der Waals surface area contributed by atoms with E-state index in [1.807, 2.05) is 7.05 Å². The zero-order valence-corrected chi connectivity index (χ0v) is 10.6. The van der Waals surface area contributed by atoms with Crippen molar-refractivity contribution in [3.8, 4) is 0 Å². The summed E-state index contributed by atoms with van der Waals surface area (Å²) in [6, 6.07) is 0. The van der Waals surface area contributed by atoms with Crippen LogP contribution >= 0.6 is 0 Å². The molecule has 0 aliphatic heterocycles. The predicted octanol–water partition coefficient (Wildman–Crippen LogP) is 0.0185. The molecule has 0 unspecified atom stereocenters. The van der Waals surface area contributed by atoms with E-state index >= 15 is 0 Å². The van der Waals surface area contributed by atoms with Gasteiger partial charge in [0.2, 0.25) is 11.8 Å². The van der Waals surface area contributed by atoms with Gasteiger partial charge in [0.15, 0.2) is 0 Å². The minimum Gasteiger partial charge on any atom is -0.356 e. The average molecular weight is 241 g/mol. The molecular formula is C12H23N3O2. The normalized spacial score (nSPS) is 14.4. The number of rotatable bonds is 9. The second-order valence-electron chi connectivity index (χ2n) is 4.48. The second-order valence-corrected chi connectivity index (χ2v) is 4.48. The number of nitrogens with one attached hydrogen (secondary N) is 3. The zero-order valence-electron chi connectivity index (χ0n) is 10.6. The Morgan fingerprint density at radius 2 is 1.76 bits per heavy atom. The van der Waals surface area contributed by atoms with Crippen LogP contribution in [-0.2, 0) is 9.59 Å². The minimum atomic E-state index is 0.0711. The van der Waals surface area contributed by atoms with E-state index in [4.69, 9.17) is 0 Å². The molecule has 1 fully saturated rings. The van der Waals surface area contributed by atoms with Gasteiger partial charge in [-0.05, 0) is 39.3 Å². The maximum atomic E-state index is 11.4. The summed E-state index contributed by atoms with van der Waals surface area (Å²) in [5.74, 6) is 0.478. The third kappa shape index (κ3) is 6.94. The van der Waals surface area contributed by atoms with Crippen LogP contribution in [0.5, 0.6) is 0 Å². The number of carbonyl (C=O) groups is 2. The molecule has 0 bridgehead atoms. The molecule has 0 radical (unpaired) electrons. The maximum Gasteiger partial charge on any atom is 0.223 e. The topological polar surface area (TPSA) is 70.2 Å². The highest BCUT2D eigenvalue weighted by Gasteiger charge is 2.28. The molecule has 0 aromatic rings. The highest BCUT2D eigenvalue weighted by molar-refractivity contribution is 5.81. The zero-order chi connectivity index (χ0) is 12.5. The van der Waals surface area contributed by atoms with Crippen molar-refractivity contribution in [1.29, 1.82) is 0 Å². The van der Waals surface area contributed by atoms with E-state index in [0.717, 1.165) is 32.2 Å². The van der Waals surface area contributed by atoms with Gasteiger partial charge in [0.1, 0.15) is 0 Å². The molecule has 1 saturated carbocycles. The first kappa shape index (κ1) is 14.0. The molecule has 0 saturated heterocycles. The molecule has 1 aliphatic carbocycles. The van der Waals surface area contributed by atoms with Crippen molar-refractivity contribution in [2.45, 2.75) is 32.1 Å². The number of amides is 2. The smallest absolute Gasteiger partial charge is 0.223 e. The van der Waals surface area contributed by atoms with Gasteiger partial charge in [-0.2, -0.15) is 0 Å². The lowest BCUT2D eigenvalue weighted by Gasteiger charge is -2.06. The summed E-state index contributed by atoms with van der Waals surface area (Å²) in [7, 11) is 1.89. The van der Waals surface area contributed by atoms with Crippen LogP contribution in [0.3, 0.4) is 0 Å². The van der Waals surface area contributed by atoms with Gasteiger partial charge >= 0.3 is 0 Å². The first-order chi connectivity index (χ1) is 8.24. The van der Waals surface area contributed by atoms with Crippen LogP contribution in [0.15, 0.2) is 0 Å². The number of hydrogen-bond acceptors (Lipinski definition) is 3. The van der Waals surface area contributed by atoms with Gasteiger partial charge in [-0.15, -0.1) is 0 Å². The first-order valence-corrected chi connectivity index (χ1v) is 6.43. The van der Waals surface area contributed by atoms with Gasteiger partial charge in [-0.3, -0.25) is 9.59 Å². The fourth-order valence-electron chi connectivity index (χ4n) is 1.53.